The minimum absolute atomic E-state index is 0. The van der Waals surface area contributed by atoms with E-state index >= 15 is 0 Å². The van der Waals surface area contributed by atoms with Gasteiger partial charge in [-0.2, -0.15) is 0 Å². The molecular weight excluding hydrogens is 441 g/mol. The third-order valence-electron chi connectivity index (χ3n) is 4.04. The first-order chi connectivity index (χ1) is 11.5. The zero-order valence-electron chi connectivity index (χ0n) is 14.6. The van der Waals surface area contributed by atoms with Crippen molar-refractivity contribution in [2.75, 3.05) is 39.3 Å². The molecular formula is C17H25F2IN4O. The van der Waals surface area contributed by atoms with Crippen molar-refractivity contribution < 1.29 is 13.6 Å². The van der Waals surface area contributed by atoms with Gasteiger partial charge in [-0.25, -0.2) is 8.78 Å². The molecule has 2 rings (SSSR count). The highest BCUT2D eigenvalue weighted by molar-refractivity contribution is 14.0. The van der Waals surface area contributed by atoms with E-state index in [0.717, 1.165) is 5.96 Å². The monoisotopic (exact) mass is 466 g/mol. The molecule has 1 heterocycles. The largest absolute Gasteiger partial charge is 0.357 e. The number of hydrogen-bond donors (Lipinski definition) is 1. The van der Waals surface area contributed by atoms with Crippen molar-refractivity contribution in [3.05, 3.63) is 35.4 Å². The minimum atomic E-state index is -0.537. The second kappa shape index (κ2) is 10.5. The number of piperazine rings is 1. The standard InChI is InChI=1S/C17H24F2N4O.HI/c1-3-20-17(23-11-9-22(10-12-23)13(2)24)21-8-7-14-15(18)5-4-6-16(14)19;/h4-6H,3,7-12H2,1-2H3,(H,20,21);1H. The summed E-state index contributed by atoms with van der Waals surface area (Å²) < 4.78 is 27.3. The van der Waals surface area contributed by atoms with Crippen molar-refractivity contribution in [1.29, 1.82) is 0 Å². The Kier molecular flexibility index (Phi) is 9.09. The quantitative estimate of drug-likeness (QED) is 0.421. The molecule has 140 valence electrons. The highest BCUT2D eigenvalue weighted by atomic mass is 127. The number of benzene rings is 1. The van der Waals surface area contributed by atoms with Crippen LogP contribution in [0.1, 0.15) is 19.4 Å². The summed E-state index contributed by atoms with van der Waals surface area (Å²) >= 11 is 0. The number of guanidine groups is 1. The number of aliphatic imine (C=N–C) groups is 1. The Labute approximate surface area is 164 Å². The molecule has 8 heteroatoms. The molecule has 25 heavy (non-hydrogen) atoms. The smallest absolute Gasteiger partial charge is 0.219 e. The summed E-state index contributed by atoms with van der Waals surface area (Å²) in [4.78, 5) is 19.7. The molecule has 1 saturated heterocycles. The van der Waals surface area contributed by atoms with Gasteiger partial charge in [-0.15, -0.1) is 24.0 Å². The Morgan fingerprint density at radius 3 is 2.24 bits per heavy atom. The average molecular weight is 466 g/mol. The van der Waals surface area contributed by atoms with Gasteiger partial charge in [-0.1, -0.05) is 6.07 Å². The van der Waals surface area contributed by atoms with Crippen LogP contribution >= 0.6 is 24.0 Å². The van der Waals surface area contributed by atoms with Crippen LogP contribution in [0.25, 0.3) is 0 Å². The van der Waals surface area contributed by atoms with Crippen molar-refractivity contribution in [2.24, 2.45) is 4.99 Å². The fraction of sp³-hybridized carbons (Fsp3) is 0.529. The van der Waals surface area contributed by atoms with Crippen molar-refractivity contribution >= 4 is 35.8 Å². The van der Waals surface area contributed by atoms with Gasteiger partial charge in [0.1, 0.15) is 11.6 Å². The lowest BCUT2D eigenvalue weighted by molar-refractivity contribution is -0.130. The van der Waals surface area contributed by atoms with E-state index in [1.807, 2.05) is 6.92 Å². The van der Waals surface area contributed by atoms with E-state index in [2.05, 4.69) is 15.2 Å². The Morgan fingerprint density at radius 1 is 1.16 bits per heavy atom. The fourth-order valence-corrected chi connectivity index (χ4v) is 2.70. The molecule has 0 bridgehead atoms. The van der Waals surface area contributed by atoms with Crippen LogP contribution in [0.5, 0.6) is 0 Å². The van der Waals surface area contributed by atoms with Gasteiger partial charge in [0.05, 0.1) is 0 Å². The number of nitrogens with one attached hydrogen (secondary N) is 1. The summed E-state index contributed by atoms with van der Waals surface area (Å²) in [5.74, 6) is -0.278. The third kappa shape index (κ3) is 6.09. The number of hydrogen-bond acceptors (Lipinski definition) is 2. The molecule has 1 aromatic carbocycles. The summed E-state index contributed by atoms with van der Waals surface area (Å²) in [5, 5.41) is 3.20. The summed E-state index contributed by atoms with van der Waals surface area (Å²) in [6.45, 7) is 7.24. The Bertz CT molecular complexity index is 584. The third-order valence-corrected chi connectivity index (χ3v) is 4.04. The first-order valence-electron chi connectivity index (χ1n) is 8.24. The van der Waals surface area contributed by atoms with Crippen LogP contribution < -0.4 is 5.32 Å². The van der Waals surface area contributed by atoms with E-state index in [1.54, 1.807) is 11.8 Å². The van der Waals surface area contributed by atoms with Crippen molar-refractivity contribution in [1.82, 2.24) is 15.1 Å². The number of rotatable bonds is 4. The summed E-state index contributed by atoms with van der Waals surface area (Å²) in [7, 11) is 0. The lowest BCUT2D eigenvalue weighted by Gasteiger charge is -2.36. The lowest BCUT2D eigenvalue weighted by atomic mass is 10.1. The molecule has 0 aliphatic carbocycles. The van der Waals surface area contributed by atoms with Gasteiger partial charge >= 0.3 is 0 Å². The first-order valence-corrected chi connectivity index (χ1v) is 8.24. The maximum Gasteiger partial charge on any atom is 0.219 e. The van der Waals surface area contributed by atoms with E-state index < -0.39 is 11.6 Å². The number of nitrogens with zero attached hydrogens (tertiary/aromatic N) is 3. The van der Waals surface area contributed by atoms with Crippen LogP contribution in [0.3, 0.4) is 0 Å². The first kappa shape index (κ1) is 21.6. The molecule has 0 radical (unpaired) electrons. The van der Waals surface area contributed by atoms with Crippen LogP contribution in [0.15, 0.2) is 23.2 Å². The molecule has 1 aromatic rings. The number of carbonyl (C=O) groups excluding carboxylic acids is 1. The lowest BCUT2D eigenvalue weighted by Crippen LogP contribution is -2.53. The Hall–Kier alpha value is -1.45. The number of carbonyl (C=O) groups is 1. The fourth-order valence-electron chi connectivity index (χ4n) is 2.70. The molecule has 0 atom stereocenters. The molecule has 5 nitrogen and oxygen atoms in total. The zero-order chi connectivity index (χ0) is 17.5. The van der Waals surface area contributed by atoms with Crippen molar-refractivity contribution in [2.45, 2.75) is 20.3 Å². The predicted molar refractivity (Wildman–Crippen MR) is 105 cm³/mol. The normalized spacial score (nSPS) is 15.0. The molecule has 1 aliphatic rings. The summed E-state index contributed by atoms with van der Waals surface area (Å²) in [6, 6.07) is 3.87. The van der Waals surface area contributed by atoms with Gasteiger partial charge in [0.2, 0.25) is 5.91 Å². The van der Waals surface area contributed by atoms with Gasteiger partial charge in [0.25, 0.3) is 0 Å². The highest BCUT2D eigenvalue weighted by Crippen LogP contribution is 2.12. The highest BCUT2D eigenvalue weighted by Gasteiger charge is 2.20. The molecule has 0 saturated carbocycles. The number of halogens is 3. The van der Waals surface area contributed by atoms with Crippen LogP contribution in [0.2, 0.25) is 0 Å². The Morgan fingerprint density at radius 2 is 1.72 bits per heavy atom. The van der Waals surface area contributed by atoms with E-state index in [-0.39, 0.29) is 41.9 Å². The molecule has 0 aromatic heterocycles. The van der Waals surface area contributed by atoms with Crippen molar-refractivity contribution in [3.8, 4) is 0 Å². The van der Waals surface area contributed by atoms with Crippen LogP contribution in [-0.2, 0) is 11.2 Å². The summed E-state index contributed by atoms with van der Waals surface area (Å²) in [6.07, 6.45) is 0.209. The van der Waals surface area contributed by atoms with Gasteiger partial charge in [-0.05, 0) is 25.5 Å². The number of amides is 1. The second-order valence-corrected chi connectivity index (χ2v) is 5.68. The molecule has 1 N–H and O–H groups in total. The van der Waals surface area contributed by atoms with Crippen molar-refractivity contribution in [3.63, 3.8) is 0 Å². The van der Waals surface area contributed by atoms with E-state index in [4.69, 9.17) is 0 Å². The zero-order valence-corrected chi connectivity index (χ0v) is 16.9. The SMILES string of the molecule is CCNC(=NCCc1c(F)cccc1F)N1CCN(C(C)=O)CC1.I. The van der Waals surface area contributed by atoms with E-state index in [0.29, 0.717) is 39.3 Å². The molecule has 0 spiro atoms. The van der Waals surface area contributed by atoms with E-state index in [1.165, 1.54) is 18.2 Å². The van der Waals surface area contributed by atoms with Gasteiger partial charge in [-0.3, -0.25) is 9.79 Å². The summed E-state index contributed by atoms with van der Waals surface area (Å²) in [5.41, 5.74) is 0.0681. The average Bonchev–Trinajstić information content (AvgIpc) is 2.56. The maximum absolute atomic E-state index is 13.6. The second-order valence-electron chi connectivity index (χ2n) is 5.68. The van der Waals surface area contributed by atoms with Crippen LogP contribution in [0.4, 0.5) is 8.78 Å². The minimum Gasteiger partial charge on any atom is -0.357 e. The molecule has 1 aliphatic heterocycles. The molecule has 1 amide bonds. The van der Waals surface area contributed by atoms with Gasteiger partial charge < -0.3 is 15.1 Å². The van der Waals surface area contributed by atoms with Crippen LogP contribution in [0, 0.1) is 11.6 Å². The van der Waals surface area contributed by atoms with E-state index in [9.17, 15) is 13.6 Å². The molecule has 1 fully saturated rings. The predicted octanol–water partition coefficient (Wildman–Crippen LogP) is 2.25. The Balaban J connectivity index is 0.00000312. The van der Waals surface area contributed by atoms with Crippen LogP contribution in [-0.4, -0.2) is 60.9 Å². The van der Waals surface area contributed by atoms with Gasteiger partial charge in [0, 0.05) is 51.8 Å². The topological polar surface area (TPSA) is 47.9 Å². The maximum atomic E-state index is 13.6. The van der Waals surface area contributed by atoms with Gasteiger partial charge in [0.15, 0.2) is 5.96 Å². The molecule has 0 unspecified atom stereocenters.